The Morgan fingerprint density at radius 2 is 1.96 bits per heavy atom. The van der Waals surface area contributed by atoms with Crippen molar-refractivity contribution in [3.05, 3.63) is 53.6 Å². The number of hydrogen-bond acceptors (Lipinski definition) is 4. The van der Waals surface area contributed by atoms with Gasteiger partial charge in [-0.1, -0.05) is 0 Å². The van der Waals surface area contributed by atoms with Crippen molar-refractivity contribution in [1.82, 2.24) is 0 Å². The van der Waals surface area contributed by atoms with Gasteiger partial charge in [-0.05, 0) is 30.3 Å². The predicted molar refractivity (Wildman–Crippen MR) is 77.5 cm³/mol. The lowest BCUT2D eigenvalue weighted by Gasteiger charge is -2.30. The van der Waals surface area contributed by atoms with E-state index in [2.05, 4.69) is 0 Å². The molecule has 0 fully saturated rings. The molecule has 118 valence electrons. The minimum absolute atomic E-state index is 0.0158. The van der Waals surface area contributed by atoms with E-state index < -0.39 is 21.7 Å². The highest BCUT2D eigenvalue weighted by Crippen LogP contribution is 2.35. The Balaban J connectivity index is 2.12. The Morgan fingerprint density at radius 1 is 1.17 bits per heavy atom. The van der Waals surface area contributed by atoms with Crippen LogP contribution in [0.3, 0.4) is 0 Å². The van der Waals surface area contributed by atoms with Gasteiger partial charge in [-0.15, -0.1) is 0 Å². The molecule has 0 radical (unpaired) electrons. The molecule has 0 spiro atoms. The SMILES string of the molecule is N#Cc1cc(S(=O)(=O)N2CCOc3ccc(F)cc32)ccc1F. The van der Waals surface area contributed by atoms with Gasteiger partial charge in [0.25, 0.3) is 10.0 Å². The fourth-order valence-corrected chi connectivity index (χ4v) is 3.77. The van der Waals surface area contributed by atoms with Gasteiger partial charge in [0.15, 0.2) is 0 Å². The maximum absolute atomic E-state index is 13.5. The summed E-state index contributed by atoms with van der Waals surface area (Å²) in [6.45, 7) is 0.0855. The second-order valence-electron chi connectivity index (χ2n) is 4.79. The van der Waals surface area contributed by atoms with Crippen LogP contribution in [0.15, 0.2) is 41.3 Å². The molecule has 0 N–H and O–H groups in total. The van der Waals surface area contributed by atoms with E-state index in [1.54, 1.807) is 6.07 Å². The van der Waals surface area contributed by atoms with Crippen LogP contribution in [0.4, 0.5) is 14.5 Å². The number of fused-ring (bicyclic) bond motifs is 1. The van der Waals surface area contributed by atoms with Gasteiger partial charge in [-0.3, -0.25) is 4.31 Å². The van der Waals surface area contributed by atoms with Gasteiger partial charge in [-0.2, -0.15) is 5.26 Å². The number of anilines is 1. The van der Waals surface area contributed by atoms with Gasteiger partial charge in [0.05, 0.1) is 22.7 Å². The van der Waals surface area contributed by atoms with Crippen LogP contribution < -0.4 is 9.04 Å². The van der Waals surface area contributed by atoms with E-state index in [0.29, 0.717) is 0 Å². The summed E-state index contributed by atoms with van der Waals surface area (Å²) in [5.41, 5.74) is -0.308. The summed E-state index contributed by atoms with van der Waals surface area (Å²) in [5, 5.41) is 8.85. The molecule has 1 aliphatic rings. The van der Waals surface area contributed by atoms with E-state index in [4.69, 9.17) is 10.00 Å². The lowest BCUT2D eigenvalue weighted by Crippen LogP contribution is -2.38. The normalized spacial score (nSPS) is 13.9. The van der Waals surface area contributed by atoms with Crippen LogP contribution in [0.2, 0.25) is 0 Å². The maximum atomic E-state index is 13.5. The van der Waals surface area contributed by atoms with Crippen LogP contribution in [0.5, 0.6) is 5.75 Å². The van der Waals surface area contributed by atoms with Crippen molar-refractivity contribution in [1.29, 1.82) is 5.26 Å². The lowest BCUT2D eigenvalue weighted by molar-refractivity contribution is 0.315. The molecule has 2 aromatic rings. The molecule has 0 atom stereocenters. The molecule has 3 rings (SSSR count). The summed E-state index contributed by atoms with van der Waals surface area (Å²) in [6, 6.07) is 8.11. The second-order valence-corrected chi connectivity index (χ2v) is 6.65. The molecule has 0 bridgehead atoms. The van der Waals surface area contributed by atoms with Gasteiger partial charge in [-0.25, -0.2) is 17.2 Å². The van der Waals surface area contributed by atoms with Crippen LogP contribution >= 0.6 is 0 Å². The Kier molecular flexibility index (Phi) is 3.66. The largest absolute Gasteiger partial charge is 0.489 e. The molecule has 2 aromatic carbocycles. The molecule has 8 heteroatoms. The minimum atomic E-state index is -4.07. The van der Waals surface area contributed by atoms with Crippen molar-refractivity contribution >= 4 is 15.7 Å². The summed E-state index contributed by atoms with van der Waals surface area (Å²) in [4.78, 5) is -0.243. The number of nitrogens with zero attached hydrogens (tertiary/aromatic N) is 2. The van der Waals surface area contributed by atoms with E-state index in [1.807, 2.05) is 0 Å². The van der Waals surface area contributed by atoms with Gasteiger partial charge in [0.1, 0.15) is 30.1 Å². The van der Waals surface area contributed by atoms with Gasteiger partial charge in [0, 0.05) is 6.07 Å². The average molecular weight is 336 g/mol. The summed E-state index contributed by atoms with van der Waals surface area (Å²) in [6.07, 6.45) is 0. The molecule has 23 heavy (non-hydrogen) atoms. The molecule has 0 aromatic heterocycles. The van der Waals surface area contributed by atoms with Crippen LogP contribution in [0.25, 0.3) is 0 Å². The van der Waals surface area contributed by atoms with Gasteiger partial charge in [0.2, 0.25) is 0 Å². The standard InChI is InChI=1S/C15H10F2N2O3S/c16-11-1-4-15-14(8-11)19(5-6-22-15)23(20,21)12-2-3-13(17)10(7-12)9-18/h1-4,7-8H,5-6H2. The number of nitriles is 1. The molecule has 0 saturated carbocycles. The van der Waals surface area contributed by atoms with Gasteiger partial charge < -0.3 is 4.74 Å². The maximum Gasteiger partial charge on any atom is 0.264 e. The quantitative estimate of drug-likeness (QED) is 0.844. The fourth-order valence-electron chi connectivity index (χ4n) is 2.29. The topological polar surface area (TPSA) is 70.4 Å². The van der Waals surface area contributed by atoms with Gasteiger partial charge >= 0.3 is 0 Å². The van der Waals surface area contributed by atoms with Crippen LogP contribution in [-0.2, 0) is 10.0 Å². The zero-order chi connectivity index (χ0) is 16.6. The van der Waals surface area contributed by atoms with Crippen LogP contribution in [-0.4, -0.2) is 21.6 Å². The molecular weight excluding hydrogens is 326 g/mol. The minimum Gasteiger partial charge on any atom is -0.489 e. The van der Waals surface area contributed by atoms with E-state index in [9.17, 15) is 17.2 Å². The Hall–Kier alpha value is -2.66. The summed E-state index contributed by atoms with van der Waals surface area (Å²) < 4.78 is 58.7. The Morgan fingerprint density at radius 3 is 2.70 bits per heavy atom. The first-order chi connectivity index (χ1) is 10.9. The highest BCUT2D eigenvalue weighted by atomic mass is 32.2. The van der Waals surface area contributed by atoms with Crippen molar-refractivity contribution in [3.63, 3.8) is 0 Å². The van der Waals surface area contributed by atoms with Crippen molar-refractivity contribution in [2.24, 2.45) is 0 Å². The summed E-state index contributed by atoms with van der Waals surface area (Å²) >= 11 is 0. The zero-order valence-electron chi connectivity index (χ0n) is 11.7. The summed E-state index contributed by atoms with van der Waals surface area (Å²) in [7, 11) is -4.07. The zero-order valence-corrected chi connectivity index (χ0v) is 12.5. The predicted octanol–water partition coefficient (Wildman–Crippen LogP) is 2.42. The first kappa shape index (κ1) is 15.2. The highest BCUT2D eigenvalue weighted by molar-refractivity contribution is 7.92. The molecule has 5 nitrogen and oxygen atoms in total. The summed E-state index contributed by atoms with van der Waals surface area (Å²) in [5.74, 6) is -1.17. The number of benzene rings is 2. The number of hydrogen-bond donors (Lipinski definition) is 0. The first-order valence-corrected chi connectivity index (χ1v) is 8.02. The van der Waals surface area contributed by atoms with E-state index >= 15 is 0 Å². The van der Waals surface area contributed by atoms with E-state index in [1.165, 1.54) is 12.1 Å². The third-order valence-corrected chi connectivity index (χ3v) is 5.20. The number of sulfonamides is 1. The van der Waals surface area contributed by atoms with Crippen molar-refractivity contribution in [3.8, 4) is 11.8 Å². The molecule has 1 heterocycles. The third-order valence-electron chi connectivity index (χ3n) is 3.39. The number of ether oxygens (including phenoxy) is 1. The Bertz CT molecular complexity index is 923. The number of halogens is 2. The smallest absolute Gasteiger partial charge is 0.264 e. The Labute approximate surface area is 131 Å². The van der Waals surface area contributed by atoms with Crippen molar-refractivity contribution in [2.75, 3.05) is 17.5 Å². The molecule has 0 unspecified atom stereocenters. The highest BCUT2D eigenvalue weighted by Gasteiger charge is 2.31. The van der Waals surface area contributed by atoms with Crippen molar-refractivity contribution in [2.45, 2.75) is 4.90 Å². The van der Waals surface area contributed by atoms with E-state index in [0.717, 1.165) is 28.6 Å². The first-order valence-electron chi connectivity index (χ1n) is 6.58. The lowest BCUT2D eigenvalue weighted by atomic mass is 10.2. The van der Waals surface area contributed by atoms with Crippen LogP contribution in [0.1, 0.15) is 5.56 Å². The average Bonchev–Trinajstić information content (AvgIpc) is 2.54. The molecular formula is C15H10F2N2O3S. The second kappa shape index (κ2) is 5.52. The molecule has 1 aliphatic heterocycles. The molecule has 0 amide bonds. The fraction of sp³-hybridized carbons (Fsp3) is 0.133. The monoisotopic (exact) mass is 336 g/mol. The van der Waals surface area contributed by atoms with Crippen molar-refractivity contribution < 1.29 is 21.9 Å². The number of rotatable bonds is 2. The molecule has 0 aliphatic carbocycles. The van der Waals surface area contributed by atoms with Crippen LogP contribution in [0, 0.1) is 23.0 Å². The van der Waals surface area contributed by atoms with E-state index in [-0.39, 0.29) is 35.0 Å². The molecule has 0 saturated heterocycles. The third kappa shape index (κ3) is 2.59.